The maximum atomic E-state index is 12.1. The van der Waals surface area contributed by atoms with Gasteiger partial charge < -0.3 is 4.42 Å². The summed E-state index contributed by atoms with van der Waals surface area (Å²) < 4.78 is 5.63. The topological polar surface area (TPSA) is 97.7 Å². The highest BCUT2D eigenvalue weighted by atomic mass is 16.6. The van der Waals surface area contributed by atoms with Crippen LogP contribution in [0.25, 0.3) is 11.3 Å². The van der Waals surface area contributed by atoms with E-state index in [1.807, 2.05) is 32.0 Å². The summed E-state index contributed by atoms with van der Waals surface area (Å²) in [6.45, 7) is 5.73. The highest BCUT2D eigenvalue weighted by Gasteiger charge is 2.18. The lowest BCUT2D eigenvalue weighted by Crippen LogP contribution is -2.20. The Morgan fingerprint density at radius 2 is 1.83 bits per heavy atom. The fourth-order valence-corrected chi connectivity index (χ4v) is 2.94. The molecule has 0 aliphatic carbocycles. The Morgan fingerprint density at radius 3 is 2.59 bits per heavy atom. The standard InChI is InChI=1S/C22H21N3O4/c1-14-4-6-16(3)17(10-14)12-22(26)24-23-13-18-7-9-21(29-18)19-8-5-15(2)11-20(19)25(27)28/h4-11,13H,12H2,1-3H3,(H,24,26)/b23-13-. The molecule has 1 amide bonds. The average molecular weight is 391 g/mol. The van der Waals surface area contributed by atoms with E-state index in [9.17, 15) is 14.9 Å². The van der Waals surface area contributed by atoms with E-state index in [1.165, 1.54) is 12.3 Å². The molecule has 0 saturated carbocycles. The van der Waals surface area contributed by atoms with Crippen LogP contribution < -0.4 is 5.43 Å². The summed E-state index contributed by atoms with van der Waals surface area (Å²) in [6.07, 6.45) is 1.59. The fourth-order valence-electron chi connectivity index (χ4n) is 2.94. The van der Waals surface area contributed by atoms with E-state index in [4.69, 9.17) is 4.42 Å². The number of nitrogens with one attached hydrogen (secondary N) is 1. The molecule has 0 bridgehead atoms. The van der Waals surface area contributed by atoms with E-state index >= 15 is 0 Å². The molecule has 7 heteroatoms. The van der Waals surface area contributed by atoms with E-state index < -0.39 is 4.92 Å². The Balaban J connectivity index is 1.67. The van der Waals surface area contributed by atoms with Gasteiger partial charge in [0, 0.05) is 6.07 Å². The maximum absolute atomic E-state index is 12.1. The first-order valence-corrected chi connectivity index (χ1v) is 9.07. The number of nitro groups is 1. The van der Waals surface area contributed by atoms with Gasteiger partial charge in [-0.05, 0) is 55.7 Å². The monoisotopic (exact) mass is 391 g/mol. The first kappa shape index (κ1) is 20.0. The molecule has 3 aromatic rings. The Labute approximate surface area is 168 Å². The van der Waals surface area contributed by atoms with Gasteiger partial charge in [0.1, 0.15) is 11.5 Å². The highest BCUT2D eigenvalue weighted by molar-refractivity contribution is 5.82. The van der Waals surface area contributed by atoms with Gasteiger partial charge in [-0.3, -0.25) is 14.9 Å². The molecule has 0 aliphatic rings. The molecule has 0 fully saturated rings. The highest BCUT2D eigenvalue weighted by Crippen LogP contribution is 2.31. The van der Waals surface area contributed by atoms with Crippen LogP contribution in [0.1, 0.15) is 28.0 Å². The summed E-state index contributed by atoms with van der Waals surface area (Å²) in [4.78, 5) is 23.0. The normalized spacial score (nSPS) is 11.0. The summed E-state index contributed by atoms with van der Waals surface area (Å²) >= 11 is 0. The zero-order chi connectivity index (χ0) is 21.0. The van der Waals surface area contributed by atoms with Gasteiger partial charge in [-0.2, -0.15) is 5.10 Å². The van der Waals surface area contributed by atoms with Gasteiger partial charge in [-0.1, -0.05) is 29.8 Å². The second-order valence-electron chi connectivity index (χ2n) is 6.88. The largest absolute Gasteiger partial charge is 0.455 e. The lowest BCUT2D eigenvalue weighted by molar-refractivity contribution is -0.384. The number of hydrazone groups is 1. The smallest absolute Gasteiger partial charge is 0.280 e. The molecule has 0 saturated heterocycles. The van der Waals surface area contributed by atoms with Crippen LogP contribution in [0.5, 0.6) is 0 Å². The van der Waals surface area contributed by atoms with Crippen LogP contribution in [0.4, 0.5) is 5.69 Å². The van der Waals surface area contributed by atoms with Crippen molar-refractivity contribution in [1.29, 1.82) is 0 Å². The predicted octanol–water partition coefficient (Wildman–Crippen LogP) is 4.47. The third-order valence-corrected chi connectivity index (χ3v) is 4.48. The summed E-state index contributed by atoms with van der Waals surface area (Å²) in [6, 6.07) is 14.2. The molecule has 1 heterocycles. The second kappa shape index (κ2) is 8.52. The number of benzene rings is 2. The molecule has 0 spiro atoms. The van der Waals surface area contributed by atoms with Crippen LogP contribution in [0.3, 0.4) is 0 Å². The van der Waals surface area contributed by atoms with Gasteiger partial charge in [-0.15, -0.1) is 0 Å². The number of carbonyl (C=O) groups excluding carboxylic acids is 1. The maximum Gasteiger partial charge on any atom is 0.280 e. The summed E-state index contributed by atoms with van der Waals surface area (Å²) in [5.41, 5.74) is 6.72. The molecule has 0 atom stereocenters. The van der Waals surface area contributed by atoms with Crippen molar-refractivity contribution < 1.29 is 14.1 Å². The summed E-state index contributed by atoms with van der Waals surface area (Å²) in [5.74, 6) is 0.498. The Bertz CT molecular complexity index is 1100. The minimum absolute atomic E-state index is 0.0235. The lowest BCUT2D eigenvalue weighted by atomic mass is 10.0. The van der Waals surface area contributed by atoms with Crippen molar-refractivity contribution in [3.05, 3.63) is 86.7 Å². The zero-order valence-corrected chi connectivity index (χ0v) is 16.4. The van der Waals surface area contributed by atoms with E-state index in [0.29, 0.717) is 17.1 Å². The molecule has 148 valence electrons. The number of hydrogen-bond donors (Lipinski definition) is 1. The molecule has 0 aliphatic heterocycles. The molecular formula is C22H21N3O4. The number of furan rings is 1. The zero-order valence-electron chi connectivity index (χ0n) is 16.4. The second-order valence-corrected chi connectivity index (χ2v) is 6.88. The Hall–Kier alpha value is -3.74. The van der Waals surface area contributed by atoms with Crippen LogP contribution in [0.15, 0.2) is 58.0 Å². The third kappa shape index (κ3) is 4.95. The predicted molar refractivity (Wildman–Crippen MR) is 111 cm³/mol. The number of nitrogens with zero attached hydrogens (tertiary/aromatic N) is 2. The molecule has 0 unspecified atom stereocenters. The van der Waals surface area contributed by atoms with Crippen molar-refractivity contribution in [2.45, 2.75) is 27.2 Å². The third-order valence-electron chi connectivity index (χ3n) is 4.48. The van der Waals surface area contributed by atoms with Crippen LogP contribution >= 0.6 is 0 Å². The van der Waals surface area contributed by atoms with Crippen LogP contribution in [-0.4, -0.2) is 17.0 Å². The van der Waals surface area contributed by atoms with Crippen LogP contribution in [0.2, 0.25) is 0 Å². The number of amides is 1. The summed E-state index contributed by atoms with van der Waals surface area (Å²) in [5, 5.41) is 15.2. The van der Waals surface area contributed by atoms with Gasteiger partial charge in [-0.25, -0.2) is 5.43 Å². The van der Waals surface area contributed by atoms with E-state index in [-0.39, 0.29) is 18.0 Å². The SMILES string of the molecule is Cc1ccc(C)c(CC(=O)N/N=C\c2ccc(-c3ccc(C)cc3[N+](=O)[O-])o2)c1. The van der Waals surface area contributed by atoms with Gasteiger partial charge in [0.05, 0.1) is 23.1 Å². The lowest BCUT2D eigenvalue weighted by Gasteiger charge is -2.05. The molecule has 3 rings (SSSR count). The van der Waals surface area contributed by atoms with E-state index in [1.54, 1.807) is 31.2 Å². The first-order chi connectivity index (χ1) is 13.8. The van der Waals surface area contributed by atoms with Gasteiger partial charge >= 0.3 is 0 Å². The minimum atomic E-state index is -0.438. The Morgan fingerprint density at radius 1 is 1.10 bits per heavy atom. The van der Waals surface area contributed by atoms with Crippen molar-refractivity contribution in [1.82, 2.24) is 5.43 Å². The van der Waals surface area contributed by atoms with Crippen molar-refractivity contribution in [2.75, 3.05) is 0 Å². The average Bonchev–Trinajstić information content (AvgIpc) is 3.13. The summed E-state index contributed by atoms with van der Waals surface area (Å²) in [7, 11) is 0. The van der Waals surface area contributed by atoms with E-state index in [0.717, 1.165) is 22.3 Å². The molecule has 29 heavy (non-hydrogen) atoms. The number of rotatable bonds is 6. The molecule has 1 aromatic heterocycles. The molecule has 1 N–H and O–H groups in total. The number of carbonyl (C=O) groups is 1. The van der Waals surface area contributed by atoms with Crippen molar-refractivity contribution in [2.24, 2.45) is 5.10 Å². The van der Waals surface area contributed by atoms with Crippen LogP contribution in [-0.2, 0) is 11.2 Å². The van der Waals surface area contributed by atoms with Gasteiger partial charge in [0.25, 0.3) is 5.69 Å². The number of hydrogen-bond acceptors (Lipinski definition) is 5. The molecular weight excluding hydrogens is 370 g/mol. The van der Waals surface area contributed by atoms with Crippen LogP contribution in [0, 0.1) is 30.9 Å². The molecule has 7 nitrogen and oxygen atoms in total. The van der Waals surface area contributed by atoms with Gasteiger partial charge in [0.15, 0.2) is 0 Å². The first-order valence-electron chi connectivity index (χ1n) is 9.07. The van der Waals surface area contributed by atoms with Gasteiger partial charge in [0.2, 0.25) is 5.91 Å². The fraction of sp³-hybridized carbons (Fsp3) is 0.182. The quantitative estimate of drug-likeness (QED) is 0.381. The van der Waals surface area contributed by atoms with Crippen molar-refractivity contribution in [3.8, 4) is 11.3 Å². The molecule has 0 radical (unpaired) electrons. The number of nitro benzene ring substituents is 1. The minimum Gasteiger partial charge on any atom is -0.455 e. The number of aryl methyl sites for hydroxylation is 3. The van der Waals surface area contributed by atoms with E-state index in [2.05, 4.69) is 10.5 Å². The molecule has 2 aromatic carbocycles. The van der Waals surface area contributed by atoms with Crippen molar-refractivity contribution in [3.63, 3.8) is 0 Å². The Kier molecular flexibility index (Phi) is 5.87. The van der Waals surface area contributed by atoms with Crippen molar-refractivity contribution >= 4 is 17.8 Å².